The molecule has 74 valence electrons. The summed E-state index contributed by atoms with van der Waals surface area (Å²) in [4.78, 5) is 27.1. The van der Waals surface area contributed by atoms with Gasteiger partial charge >= 0.3 is 5.91 Å². The lowest BCUT2D eigenvalue weighted by Crippen LogP contribution is -2.31. The van der Waals surface area contributed by atoms with Crippen molar-refractivity contribution in [1.29, 1.82) is 0 Å². The third-order valence-electron chi connectivity index (χ3n) is 1.55. The van der Waals surface area contributed by atoms with Crippen molar-refractivity contribution >= 4 is 11.7 Å². The number of hydrogen-bond acceptors (Lipinski definition) is 3. The van der Waals surface area contributed by atoms with Crippen LogP contribution < -0.4 is 5.48 Å². The predicted octanol–water partition coefficient (Wildman–Crippen LogP) is 0.937. The van der Waals surface area contributed by atoms with E-state index in [1.165, 1.54) is 0 Å². The fourth-order valence-electron chi connectivity index (χ4n) is 0.905. The summed E-state index contributed by atoms with van der Waals surface area (Å²) < 4.78 is 0. The quantitative estimate of drug-likeness (QED) is 0.440. The number of hydrogen-bond donors (Lipinski definition) is 1. The maximum Gasteiger partial charge on any atom is 0.315 e. The first-order chi connectivity index (χ1) is 6.75. The van der Waals surface area contributed by atoms with Crippen molar-refractivity contribution in [1.82, 2.24) is 5.48 Å². The lowest BCUT2D eigenvalue weighted by molar-refractivity contribution is -0.128. The maximum absolute atomic E-state index is 11.4. The van der Waals surface area contributed by atoms with Crippen LogP contribution >= 0.6 is 0 Å². The van der Waals surface area contributed by atoms with E-state index >= 15 is 0 Å². The van der Waals surface area contributed by atoms with Gasteiger partial charge in [0.15, 0.2) is 0 Å². The van der Waals surface area contributed by atoms with Crippen LogP contribution in [0.1, 0.15) is 17.3 Å². The molecule has 0 atom stereocenters. The minimum Gasteiger partial charge on any atom is -0.283 e. The molecule has 4 nitrogen and oxygen atoms in total. The molecule has 1 aromatic carbocycles. The van der Waals surface area contributed by atoms with Gasteiger partial charge in [0.25, 0.3) is 5.78 Å². The Morgan fingerprint density at radius 2 is 1.93 bits per heavy atom. The van der Waals surface area contributed by atoms with E-state index in [1.54, 1.807) is 37.3 Å². The zero-order valence-corrected chi connectivity index (χ0v) is 7.82. The van der Waals surface area contributed by atoms with Gasteiger partial charge in [0.05, 0.1) is 6.61 Å². The Kier molecular flexibility index (Phi) is 3.82. The highest BCUT2D eigenvalue weighted by atomic mass is 16.6. The van der Waals surface area contributed by atoms with Crippen LogP contribution in [0.4, 0.5) is 0 Å². The van der Waals surface area contributed by atoms with E-state index in [1.807, 2.05) is 5.48 Å². The van der Waals surface area contributed by atoms with Gasteiger partial charge < -0.3 is 0 Å². The fraction of sp³-hybridized carbons (Fsp3) is 0.200. The van der Waals surface area contributed by atoms with Gasteiger partial charge in [0.2, 0.25) is 0 Å². The van der Waals surface area contributed by atoms with Gasteiger partial charge in [-0.1, -0.05) is 30.3 Å². The summed E-state index contributed by atoms with van der Waals surface area (Å²) in [7, 11) is 0. The van der Waals surface area contributed by atoms with Crippen LogP contribution in [0.15, 0.2) is 30.3 Å². The normalized spacial score (nSPS) is 9.50. The predicted molar refractivity (Wildman–Crippen MR) is 50.5 cm³/mol. The van der Waals surface area contributed by atoms with Gasteiger partial charge in [-0.2, -0.15) is 0 Å². The van der Waals surface area contributed by atoms with Crippen molar-refractivity contribution in [2.45, 2.75) is 6.92 Å². The molecule has 0 unspecified atom stereocenters. The Balaban J connectivity index is 2.62. The molecule has 1 N–H and O–H groups in total. The molecule has 4 heteroatoms. The number of hydroxylamine groups is 1. The minimum absolute atomic E-state index is 0.327. The second kappa shape index (κ2) is 5.14. The molecule has 0 aliphatic rings. The first-order valence-electron chi connectivity index (χ1n) is 4.27. The number of ketones is 1. The minimum atomic E-state index is -0.752. The second-order valence-corrected chi connectivity index (χ2v) is 2.56. The average molecular weight is 193 g/mol. The van der Waals surface area contributed by atoms with Gasteiger partial charge in [-0.3, -0.25) is 14.4 Å². The van der Waals surface area contributed by atoms with Crippen molar-refractivity contribution in [3.63, 3.8) is 0 Å². The Morgan fingerprint density at radius 1 is 1.29 bits per heavy atom. The van der Waals surface area contributed by atoms with Crippen LogP contribution in [0.3, 0.4) is 0 Å². The SMILES string of the molecule is CCONC(=O)C(=O)c1ccccc1. The average Bonchev–Trinajstić information content (AvgIpc) is 2.26. The number of amides is 1. The van der Waals surface area contributed by atoms with E-state index in [2.05, 4.69) is 4.84 Å². The first kappa shape index (κ1) is 10.4. The van der Waals surface area contributed by atoms with Gasteiger partial charge in [-0.05, 0) is 6.92 Å². The molecule has 0 spiro atoms. The van der Waals surface area contributed by atoms with Crippen LogP contribution in [0.2, 0.25) is 0 Å². The van der Waals surface area contributed by atoms with Gasteiger partial charge in [0, 0.05) is 5.56 Å². The number of benzene rings is 1. The molecule has 14 heavy (non-hydrogen) atoms. The zero-order valence-electron chi connectivity index (χ0n) is 7.82. The van der Waals surface area contributed by atoms with E-state index in [4.69, 9.17) is 0 Å². The largest absolute Gasteiger partial charge is 0.315 e. The molecule has 0 aliphatic heterocycles. The van der Waals surface area contributed by atoms with E-state index in [-0.39, 0.29) is 0 Å². The van der Waals surface area contributed by atoms with E-state index < -0.39 is 11.7 Å². The van der Waals surface area contributed by atoms with Crippen LogP contribution in [0.25, 0.3) is 0 Å². The summed E-state index contributed by atoms with van der Waals surface area (Å²) in [5, 5.41) is 0. The molecule has 0 bridgehead atoms. The van der Waals surface area contributed by atoms with E-state index in [0.29, 0.717) is 12.2 Å². The number of carbonyl (C=O) groups is 2. The lowest BCUT2D eigenvalue weighted by Gasteiger charge is -2.02. The Labute approximate surface area is 81.8 Å². The van der Waals surface area contributed by atoms with Crippen molar-refractivity contribution < 1.29 is 14.4 Å². The molecule has 0 heterocycles. The Morgan fingerprint density at radius 3 is 2.50 bits per heavy atom. The Bertz CT molecular complexity index is 321. The van der Waals surface area contributed by atoms with Crippen molar-refractivity contribution in [3.05, 3.63) is 35.9 Å². The standard InChI is InChI=1S/C10H11NO3/c1-2-14-11-10(13)9(12)8-6-4-3-5-7-8/h3-7H,2H2,1H3,(H,11,13). The summed E-state index contributed by atoms with van der Waals surface area (Å²) in [6.45, 7) is 2.04. The van der Waals surface area contributed by atoms with Crippen LogP contribution in [0, 0.1) is 0 Å². The summed E-state index contributed by atoms with van der Waals surface area (Å²) in [5.74, 6) is -1.35. The molecule has 0 aliphatic carbocycles. The second-order valence-electron chi connectivity index (χ2n) is 2.56. The zero-order chi connectivity index (χ0) is 10.4. The molecule has 1 aromatic rings. The third kappa shape index (κ3) is 2.67. The summed E-state index contributed by atoms with van der Waals surface area (Å²) in [6, 6.07) is 8.32. The van der Waals surface area contributed by atoms with Crippen molar-refractivity contribution in [3.8, 4) is 0 Å². The molecule has 0 saturated heterocycles. The molecule has 1 amide bonds. The molecule has 0 aromatic heterocycles. The first-order valence-corrected chi connectivity index (χ1v) is 4.27. The summed E-state index contributed by atoms with van der Waals surface area (Å²) in [5.41, 5.74) is 2.39. The highest BCUT2D eigenvalue weighted by Gasteiger charge is 2.14. The maximum atomic E-state index is 11.4. The number of carbonyl (C=O) groups excluding carboxylic acids is 2. The van der Waals surface area contributed by atoms with Gasteiger partial charge in [-0.15, -0.1) is 0 Å². The van der Waals surface area contributed by atoms with Gasteiger partial charge in [-0.25, -0.2) is 5.48 Å². The van der Waals surface area contributed by atoms with Crippen molar-refractivity contribution in [2.24, 2.45) is 0 Å². The molecule has 0 saturated carbocycles. The van der Waals surface area contributed by atoms with E-state index in [9.17, 15) is 9.59 Å². The smallest absolute Gasteiger partial charge is 0.283 e. The number of nitrogens with one attached hydrogen (secondary N) is 1. The van der Waals surface area contributed by atoms with Gasteiger partial charge in [0.1, 0.15) is 0 Å². The number of rotatable bonds is 4. The summed E-state index contributed by atoms with van der Waals surface area (Å²) in [6.07, 6.45) is 0. The fourth-order valence-corrected chi connectivity index (χ4v) is 0.905. The van der Waals surface area contributed by atoms with Crippen LogP contribution in [0.5, 0.6) is 0 Å². The highest BCUT2D eigenvalue weighted by molar-refractivity contribution is 6.42. The van der Waals surface area contributed by atoms with E-state index in [0.717, 1.165) is 0 Å². The van der Waals surface area contributed by atoms with Crippen LogP contribution in [-0.2, 0) is 9.63 Å². The Hall–Kier alpha value is -1.68. The lowest BCUT2D eigenvalue weighted by atomic mass is 10.1. The van der Waals surface area contributed by atoms with Crippen molar-refractivity contribution in [2.75, 3.05) is 6.61 Å². The monoisotopic (exact) mass is 193 g/mol. The van der Waals surface area contributed by atoms with Crippen LogP contribution in [-0.4, -0.2) is 18.3 Å². The topological polar surface area (TPSA) is 55.4 Å². The molecule has 1 rings (SSSR count). The molecule has 0 radical (unpaired) electrons. The molecular weight excluding hydrogens is 182 g/mol. The molecule has 0 fully saturated rings. The third-order valence-corrected chi connectivity index (χ3v) is 1.55. The highest BCUT2D eigenvalue weighted by Crippen LogP contribution is 1.99. The molecular formula is C10H11NO3. The summed E-state index contributed by atoms with van der Waals surface area (Å²) >= 11 is 0. The number of Topliss-reactive ketones (excluding diaryl/α,β-unsaturated/α-hetero) is 1.